The fraction of sp³-hybridized carbons (Fsp3) is 0.0741. The zero-order valence-corrected chi connectivity index (χ0v) is 18.9. The molecule has 35 heavy (non-hydrogen) atoms. The Morgan fingerprint density at radius 2 is 1.51 bits per heavy atom. The average Bonchev–Trinajstić information content (AvgIpc) is 3.40. The maximum atomic E-state index is 13.5. The van der Waals surface area contributed by atoms with Gasteiger partial charge in [-0.3, -0.25) is 0 Å². The summed E-state index contributed by atoms with van der Waals surface area (Å²) in [5.74, 6) is -0.280. The first kappa shape index (κ1) is 22.9. The van der Waals surface area contributed by atoms with Crippen molar-refractivity contribution in [1.29, 1.82) is 0 Å². The Bertz CT molecular complexity index is 1660. The van der Waals surface area contributed by atoms with Crippen LogP contribution in [0.1, 0.15) is 11.1 Å². The van der Waals surface area contributed by atoms with Crippen LogP contribution in [-0.4, -0.2) is 9.13 Å². The Morgan fingerprint density at radius 3 is 2.23 bits per heavy atom. The van der Waals surface area contributed by atoms with Gasteiger partial charge in [-0.05, 0) is 54.1 Å². The second kappa shape index (κ2) is 8.43. The highest BCUT2D eigenvalue weighted by molar-refractivity contribution is 6.11. The van der Waals surface area contributed by atoms with Crippen LogP contribution in [-0.2, 0) is 12.7 Å². The number of aromatic nitrogens is 3. The van der Waals surface area contributed by atoms with Crippen molar-refractivity contribution in [3.05, 3.63) is 115 Å². The number of fused-ring (bicyclic) bond motifs is 5. The summed E-state index contributed by atoms with van der Waals surface area (Å²) in [6, 6.07) is 21.7. The quantitative estimate of drug-likeness (QED) is 0.263. The highest BCUT2D eigenvalue weighted by atomic mass is 35.5. The van der Waals surface area contributed by atoms with E-state index in [0.717, 1.165) is 45.0 Å². The summed E-state index contributed by atoms with van der Waals surface area (Å²) in [6.45, 7) is 0.551. The van der Waals surface area contributed by atoms with Crippen LogP contribution in [0.5, 0.6) is 0 Å². The summed E-state index contributed by atoms with van der Waals surface area (Å²) < 4.78 is 58.4. The van der Waals surface area contributed by atoms with E-state index in [2.05, 4.69) is 16.7 Å². The van der Waals surface area contributed by atoms with Crippen molar-refractivity contribution >= 4 is 27.3 Å². The maximum Gasteiger partial charge on any atom is 0.416 e. The van der Waals surface area contributed by atoms with E-state index < -0.39 is 11.7 Å². The highest BCUT2D eigenvalue weighted by Crippen LogP contribution is 2.32. The zero-order chi connectivity index (χ0) is 23.4. The van der Waals surface area contributed by atoms with Crippen LogP contribution in [0.3, 0.4) is 0 Å². The topological polar surface area (TPSA) is 14.0 Å². The summed E-state index contributed by atoms with van der Waals surface area (Å²) in [4.78, 5) is 0. The van der Waals surface area contributed by atoms with Gasteiger partial charge in [0.05, 0.1) is 11.8 Å². The van der Waals surface area contributed by atoms with E-state index in [1.807, 2.05) is 45.9 Å². The first-order valence-corrected chi connectivity index (χ1v) is 10.7. The largest absolute Gasteiger partial charge is 1.00 e. The van der Waals surface area contributed by atoms with Crippen LogP contribution in [0.25, 0.3) is 33.0 Å². The fourth-order valence-electron chi connectivity index (χ4n) is 4.56. The van der Waals surface area contributed by atoms with E-state index in [1.165, 1.54) is 24.3 Å². The molecule has 0 fully saturated rings. The number of imidazole rings is 1. The molecule has 0 saturated carbocycles. The van der Waals surface area contributed by atoms with E-state index in [1.54, 1.807) is 12.1 Å². The molecule has 0 aliphatic carbocycles. The van der Waals surface area contributed by atoms with Gasteiger partial charge in [0.25, 0.3) is 6.33 Å². The van der Waals surface area contributed by atoms with Crippen LogP contribution < -0.4 is 16.8 Å². The van der Waals surface area contributed by atoms with Crippen LogP contribution in [0.2, 0.25) is 0 Å². The van der Waals surface area contributed by atoms with Gasteiger partial charge < -0.3 is 17.0 Å². The number of hydrogen-bond donors (Lipinski definition) is 0. The molecule has 0 aliphatic heterocycles. The molecule has 8 heteroatoms. The molecule has 3 nitrogen and oxygen atoms in total. The second-order valence-corrected chi connectivity index (χ2v) is 8.30. The molecule has 0 aliphatic rings. The molecule has 0 saturated heterocycles. The Balaban J connectivity index is 0.00000253. The summed E-state index contributed by atoms with van der Waals surface area (Å²) in [5, 5.41) is 2.17. The van der Waals surface area contributed by atoms with Crippen molar-refractivity contribution < 1.29 is 34.4 Å². The van der Waals surface area contributed by atoms with Gasteiger partial charge in [-0.2, -0.15) is 13.2 Å². The normalized spacial score (nSPS) is 11.9. The van der Waals surface area contributed by atoms with E-state index in [4.69, 9.17) is 0 Å². The molecule has 0 unspecified atom stereocenters. The first-order chi connectivity index (χ1) is 16.4. The minimum absolute atomic E-state index is 0. The Hall–Kier alpha value is -3.84. The van der Waals surface area contributed by atoms with E-state index in [-0.39, 0.29) is 18.2 Å². The minimum atomic E-state index is -4.37. The molecule has 3 heterocycles. The third-order valence-corrected chi connectivity index (χ3v) is 6.19. The van der Waals surface area contributed by atoms with Crippen molar-refractivity contribution in [1.82, 2.24) is 9.13 Å². The molecule has 0 N–H and O–H groups in total. The van der Waals surface area contributed by atoms with E-state index in [0.29, 0.717) is 12.2 Å². The average molecular weight is 496 g/mol. The molecule has 3 aromatic carbocycles. The van der Waals surface area contributed by atoms with Gasteiger partial charge in [0.1, 0.15) is 23.2 Å². The lowest BCUT2D eigenvalue weighted by molar-refractivity contribution is -0.510. The number of nitrogens with zero attached hydrogens (tertiary/aromatic N) is 3. The Labute approximate surface area is 203 Å². The smallest absolute Gasteiger partial charge is 0.416 e. The van der Waals surface area contributed by atoms with E-state index in [9.17, 15) is 17.6 Å². The van der Waals surface area contributed by atoms with Crippen LogP contribution in [0, 0.1) is 5.82 Å². The summed E-state index contributed by atoms with van der Waals surface area (Å²) >= 11 is 0. The summed E-state index contributed by atoms with van der Waals surface area (Å²) in [6.07, 6.45) is 1.34. The van der Waals surface area contributed by atoms with Gasteiger partial charge in [0, 0.05) is 22.8 Å². The molecule has 6 aromatic rings. The Morgan fingerprint density at radius 1 is 0.800 bits per heavy atom. The fourth-order valence-corrected chi connectivity index (χ4v) is 4.56. The van der Waals surface area contributed by atoms with Crippen molar-refractivity contribution in [2.24, 2.45) is 0 Å². The number of alkyl halides is 3. The van der Waals surface area contributed by atoms with Gasteiger partial charge in [0.15, 0.2) is 5.52 Å². The highest BCUT2D eigenvalue weighted by Gasteiger charge is 2.30. The van der Waals surface area contributed by atoms with Gasteiger partial charge in [0.2, 0.25) is 0 Å². The molecule has 0 radical (unpaired) electrons. The number of rotatable bonds is 3. The molecule has 176 valence electrons. The standard InChI is InChI=1S/C27H18F4N3.ClH/c28-20-9-5-18(6-10-20)15-34-24-4-2-1-3-22(24)23-13-14-32-17-33(16-25(32)26(23)34)21-11-7-19(8-12-21)27(29,30)31;/h1-14,16-17H,15H2;1H/q+1;/p-1. The van der Waals surface area contributed by atoms with Gasteiger partial charge in [-0.15, -0.1) is 0 Å². The molecular weight excluding hydrogens is 478 g/mol. The van der Waals surface area contributed by atoms with E-state index >= 15 is 0 Å². The van der Waals surface area contributed by atoms with Crippen molar-refractivity contribution in [3.63, 3.8) is 0 Å². The minimum Gasteiger partial charge on any atom is -1.00 e. The molecule has 0 spiro atoms. The summed E-state index contributed by atoms with van der Waals surface area (Å²) in [7, 11) is 0. The molecule has 0 atom stereocenters. The maximum absolute atomic E-state index is 13.5. The number of benzene rings is 3. The van der Waals surface area contributed by atoms with Crippen LogP contribution >= 0.6 is 0 Å². The van der Waals surface area contributed by atoms with Crippen LogP contribution in [0.4, 0.5) is 17.6 Å². The van der Waals surface area contributed by atoms with Crippen molar-refractivity contribution in [2.45, 2.75) is 12.7 Å². The predicted molar refractivity (Wildman–Crippen MR) is 122 cm³/mol. The molecule has 0 bridgehead atoms. The zero-order valence-electron chi connectivity index (χ0n) is 18.2. The molecule has 0 amide bonds. The molecule has 6 rings (SSSR count). The van der Waals surface area contributed by atoms with Crippen molar-refractivity contribution in [2.75, 3.05) is 0 Å². The lowest BCUT2D eigenvalue weighted by Crippen LogP contribution is -3.00. The lowest BCUT2D eigenvalue weighted by Gasteiger charge is -2.07. The monoisotopic (exact) mass is 495 g/mol. The predicted octanol–water partition coefficient (Wildman–Crippen LogP) is 3.53. The number of para-hydroxylation sites is 1. The third-order valence-electron chi connectivity index (χ3n) is 6.19. The second-order valence-electron chi connectivity index (χ2n) is 8.30. The molecule has 3 aromatic heterocycles. The van der Waals surface area contributed by atoms with Crippen molar-refractivity contribution in [3.8, 4) is 5.69 Å². The summed E-state index contributed by atoms with van der Waals surface area (Å²) in [5.41, 5.74) is 3.88. The third kappa shape index (κ3) is 3.91. The Kier molecular flexibility index (Phi) is 5.52. The first-order valence-electron chi connectivity index (χ1n) is 10.7. The number of hydrogen-bond acceptors (Lipinski definition) is 0. The SMILES string of the molecule is Fc1ccc(Cn2c3ccccc3c3cc[n+]4cn(-c5ccc(C(F)(F)F)cc5)cc4c32)cc1.[Cl-]. The number of pyridine rings is 1. The van der Waals surface area contributed by atoms with Gasteiger partial charge in [-0.1, -0.05) is 30.3 Å². The number of halogens is 5. The van der Waals surface area contributed by atoms with Gasteiger partial charge in [-0.25, -0.2) is 13.4 Å². The van der Waals surface area contributed by atoms with Gasteiger partial charge >= 0.3 is 6.18 Å². The lowest BCUT2D eigenvalue weighted by atomic mass is 10.2. The van der Waals surface area contributed by atoms with Crippen LogP contribution in [0.15, 0.2) is 97.6 Å². The molecular formula is C27H18ClF4N3.